The third-order valence-corrected chi connectivity index (χ3v) is 4.19. The van der Waals surface area contributed by atoms with E-state index in [1.165, 1.54) is 6.07 Å². The summed E-state index contributed by atoms with van der Waals surface area (Å²) in [7, 11) is 0. The molecular formula is C15H15ClFNO3. The maximum atomic E-state index is 13.3. The lowest BCUT2D eigenvalue weighted by Crippen LogP contribution is -2.26. The summed E-state index contributed by atoms with van der Waals surface area (Å²) in [6, 6.07) is 5.79. The van der Waals surface area contributed by atoms with E-state index in [0.717, 1.165) is 37.8 Å². The van der Waals surface area contributed by atoms with E-state index in [4.69, 9.17) is 26.7 Å². The van der Waals surface area contributed by atoms with Crippen LogP contribution in [0.5, 0.6) is 5.75 Å². The van der Waals surface area contributed by atoms with E-state index in [1.54, 1.807) is 0 Å². The molecule has 0 spiro atoms. The number of carboxylic acid groups (broad SMARTS) is 1. The van der Waals surface area contributed by atoms with Crippen LogP contribution in [0.1, 0.15) is 36.0 Å². The van der Waals surface area contributed by atoms with Crippen LogP contribution in [0, 0.1) is 29.0 Å². The maximum Gasteiger partial charge on any atom is 0.338 e. The van der Waals surface area contributed by atoms with Gasteiger partial charge in [-0.05, 0) is 43.9 Å². The van der Waals surface area contributed by atoms with Crippen LogP contribution in [0.25, 0.3) is 0 Å². The van der Waals surface area contributed by atoms with Crippen LogP contribution in [0.2, 0.25) is 0 Å². The highest BCUT2D eigenvalue weighted by molar-refractivity contribution is 6.20. The first-order chi connectivity index (χ1) is 10.0. The van der Waals surface area contributed by atoms with Crippen LogP contribution in [-0.2, 0) is 0 Å². The van der Waals surface area contributed by atoms with Gasteiger partial charge in [0.2, 0.25) is 0 Å². The smallest absolute Gasteiger partial charge is 0.338 e. The second-order valence-electron chi connectivity index (χ2n) is 5.16. The van der Waals surface area contributed by atoms with Crippen LogP contribution in [0.15, 0.2) is 18.2 Å². The van der Waals surface area contributed by atoms with Gasteiger partial charge in [0, 0.05) is 11.8 Å². The van der Waals surface area contributed by atoms with Gasteiger partial charge in [-0.15, -0.1) is 0 Å². The van der Waals surface area contributed by atoms with Crippen molar-refractivity contribution in [3.05, 3.63) is 29.6 Å². The minimum Gasteiger partial charge on any atom is -0.478 e. The standard InChI is InChI=1S/C15H15ClFNO3/c16-14(10-3-1-9(8-18)2-4-10)21-11-5-6-13(17)12(7-11)15(19)20/h5-7,9-10,14H,1-4H2,(H,19,20). The number of ether oxygens (including phenoxy) is 1. The van der Waals surface area contributed by atoms with Crippen molar-refractivity contribution in [3.8, 4) is 11.8 Å². The number of hydrogen-bond donors (Lipinski definition) is 1. The summed E-state index contributed by atoms with van der Waals surface area (Å²) in [5.41, 5.74) is -1.05. The monoisotopic (exact) mass is 311 g/mol. The molecular weight excluding hydrogens is 297 g/mol. The molecule has 1 aliphatic carbocycles. The molecule has 1 unspecified atom stereocenters. The molecule has 0 radical (unpaired) electrons. The summed E-state index contributed by atoms with van der Waals surface area (Å²) in [6.45, 7) is 0. The summed E-state index contributed by atoms with van der Waals surface area (Å²) in [6.07, 6.45) is 3.16. The van der Waals surface area contributed by atoms with Crippen molar-refractivity contribution >= 4 is 17.6 Å². The summed E-state index contributed by atoms with van der Waals surface area (Å²) in [5, 5.41) is 17.7. The van der Waals surface area contributed by atoms with Crippen LogP contribution in [0.4, 0.5) is 4.39 Å². The zero-order valence-corrected chi connectivity index (χ0v) is 12.0. The first-order valence-electron chi connectivity index (χ1n) is 6.74. The van der Waals surface area contributed by atoms with E-state index in [-0.39, 0.29) is 17.6 Å². The quantitative estimate of drug-likeness (QED) is 0.859. The molecule has 1 N–H and O–H groups in total. The second-order valence-corrected chi connectivity index (χ2v) is 5.59. The molecule has 0 saturated heterocycles. The SMILES string of the molecule is N#CC1CCC(C(Cl)Oc2ccc(F)c(C(=O)O)c2)CC1. The predicted octanol–water partition coefficient (Wildman–Crippen LogP) is 3.80. The molecule has 1 atom stereocenters. The summed E-state index contributed by atoms with van der Waals surface area (Å²) in [5.74, 6) is -1.74. The van der Waals surface area contributed by atoms with Gasteiger partial charge in [-0.3, -0.25) is 0 Å². The lowest BCUT2D eigenvalue weighted by Gasteiger charge is -2.28. The van der Waals surface area contributed by atoms with E-state index >= 15 is 0 Å². The van der Waals surface area contributed by atoms with Gasteiger partial charge in [0.05, 0.1) is 11.6 Å². The van der Waals surface area contributed by atoms with Crippen LogP contribution in [0.3, 0.4) is 0 Å². The number of carbonyl (C=O) groups is 1. The molecule has 0 aliphatic heterocycles. The van der Waals surface area contributed by atoms with Gasteiger partial charge in [0.25, 0.3) is 0 Å². The first kappa shape index (κ1) is 15.6. The fourth-order valence-corrected chi connectivity index (χ4v) is 2.83. The zero-order chi connectivity index (χ0) is 15.4. The summed E-state index contributed by atoms with van der Waals surface area (Å²) < 4.78 is 18.8. The molecule has 1 aromatic rings. The molecule has 0 amide bonds. The molecule has 1 aromatic carbocycles. The molecule has 0 aromatic heterocycles. The van der Waals surface area contributed by atoms with E-state index in [0.29, 0.717) is 0 Å². The number of carboxylic acids is 1. The van der Waals surface area contributed by atoms with Crippen molar-refractivity contribution in [2.24, 2.45) is 11.8 Å². The van der Waals surface area contributed by atoms with Gasteiger partial charge in [-0.2, -0.15) is 5.26 Å². The Hall–Kier alpha value is -1.80. The fourth-order valence-electron chi connectivity index (χ4n) is 2.48. The van der Waals surface area contributed by atoms with Gasteiger partial charge >= 0.3 is 5.97 Å². The maximum absolute atomic E-state index is 13.3. The Morgan fingerprint density at radius 2 is 2.10 bits per heavy atom. The highest BCUT2D eigenvalue weighted by Crippen LogP contribution is 2.33. The number of nitrogens with zero attached hydrogens (tertiary/aromatic N) is 1. The van der Waals surface area contributed by atoms with Crippen molar-refractivity contribution in [1.29, 1.82) is 5.26 Å². The minimum atomic E-state index is -1.35. The molecule has 1 fully saturated rings. The van der Waals surface area contributed by atoms with E-state index < -0.39 is 22.9 Å². The number of aromatic carboxylic acids is 1. The number of benzene rings is 1. The molecule has 21 heavy (non-hydrogen) atoms. The zero-order valence-electron chi connectivity index (χ0n) is 11.3. The van der Waals surface area contributed by atoms with Crippen molar-refractivity contribution in [2.75, 3.05) is 0 Å². The van der Waals surface area contributed by atoms with Crippen molar-refractivity contribution < 1.29 is 19.0 Å². The van der Waals surface area contributed by atoms with Gasteiger partial charge in [0.15, 0.2) is 5.56 Å². The average molecular weight is 312 g/mol. The van der Waals surface area contributed by atoms with Crippen molar-refractivity contribution in [1.82, 2.24) is 0 Å². The highest BCUT2D eigenvalue weighted by atomic mass is 35.5. The van der Waals surface area contributed by atoms with Crippen LogP contribution in [-0.4, -0.2) is 16.6 Å². The third-order valence-electron chi connectivity index (χ3n) is 3.74. The Bertz CT molecular complexity index is 565. The lowest BCUT2D eigenvalue weighted by atomic mass is 9.83. The Kier molecular flexibility index (Phi) is 5.03. The number of halogens is 2. The second kappa shape index (κ2) is 6.77. The number of hydrogen-bond acceptors (Lipinski definition) is 3. The normalized spacial score (nSPS) is 23.1. The first-order valence-corrected chi connectivity index (χ1v) is 7.18. The van der Waals surface area contributed by atoms with Crippen molar-refractivity contribution in [2.45, 2.75) is 31.2 Å². The number of alkyl halides is 1. The average Bonchev–Trinajstić information content (AvgIpc) is 2.49. The molecule has 1 aliphatic rings. The van der Waals surface area contributed by atoms with Gasteiger partial charge in [0.1, 0.15) is 11.6 Å². The minimum absolute atomic E-state index is 0.0783. The Morgan fingerprint density at radius 3 is 2.67 bits per heavy atom. The highest BCUT2D eigenvalue weighted by Gasteiger charge is 2.28. The van der Waals surface area contributed by atoms with Crippen LogP contribution < -0.4 is 4.74 Å². The van der Waals surface area contributed by atoms with Gasteiger partial charge < -0.3 is 9.84 Å². The third kappa shape index (κ3) is 3.85. The van der Waals surface area contributed by atoms with Crippen molar-refractivity contribution in [3.63, 3.8) is 0 Å². The molecule has 0 bridgehead atoms. The Labute approximate surface area is 127 Å². The Balaban J connectivity index is 2.00. The molecule has 4 nitrogen and oxygen atoms in total. The predicted molar refractivity (Wildman–Crippen MR) is 74.7 cm³/mol. The topological polar surface area (TPSA) is 70.3 Å². The van der Waals surface area contributed by atoms with Gasteiger partial charge in [-0.25, -0.2) is 9.18 Å². The number of rotatable bonds is 4. The lowest BCUT2D eigenvalue weighted by molar-refractivity contribution is 0.0691. The molecule has 0 heterocycles. The van der Waals surface area contributed by atoms with E-state index in [1.807, 2.05) is 0 Å². The fraction of sp³-hybridized carbons (Fsp3) is 0.467. The van der Waals surface area contributed by atoms with E-state index in [9.17, 15) is 9.18 Å². The largest absolute Gasteiger partial charge is 0.478 e. The van der Waals surface area contributed by atoms with Crippen LogP contribution >= 0.6 is 11.6 Å². The van der Waals surface area contributed by atoms with Gasteiger partial charge in [-0.1, -0.05) is 11.6 Å². The molecule has 6 heteroatoms. The molecule has 1 saturated carbocycles. The molecule has 112 valence electrons. The Morgan fingerprint density at radius 1 is 1.43 bits per heavy atom. The van der Waals surface area contributed by atoms with E-state index in [2.05, 4.69) is 6.07 Å². The molecule has 2 rings (SSSR count). The summed E-state index contributed by atoms with van der Waals surface area (Å²) >= 11 is 6.21. The number of nitriles is 1. The summed E-state index contributed by atoms with van der Waals surface area (Å²) in [4.78, 5) is 10.9.